The molecule has 4 N–H and O–H groups in total. The summed E-state index contributed by atoms with van der Waals surface area (Å²) >= 11 is 0. The first-order valence-corrected chi connectivity index (χ1v) is 7.62. The van der Waals surface area contributed by atoms with Gasteiger partial charge in [0.2, 0.25) is 16.0 Å². The summed E-state index contributed by atoms with van der Waals surface area (Å²) in [5.41, 5.74) is 11.6. The average Bonchev–Trinajstić information content (AvgIpc) is 2.73. The lowest BCUT2D eigenvalue weighted by Gasteiger charge is -2.13. The van der Waals surface area contributed by atoms with Crippen LogP contribution >= 0.6 is 0 Å². The molecule has 1 aromatic carbocycles. The van der Waals surface area contributed by atoms with Crippen LogP contribution in [0.5, 0.6) is 0 Å². The van der Waals surface area contributed by atoms with Gasteiger partial charge in [0.25, 0.3) is 5.91 Å². The van der Waals surface area contributed by atoms with Crippen molar-refractivity contribution in [3.05, 3.63) is 23.8 Å². The molecule has 1 aromatic heterocycles. The Balaban J connectivity index is 2.83. The van der Waals surface area contributed by atoms with Crippen LogP contribution in [0.25, 0.3) is 11.0 Å². The summed E-state index contributed by atoms with van der Waals surface area (Å²) < 4.78 is 25.9. The molecule has 0 aliphatic heterocycles. The molecule has 20 heavy (non-hydrogen) atoms. The lowest BCUT2D eigenvalue weighted by atomic mass is 10.2. The molecule has 1 atom stereocenters. The molecule has 1 amide bonds. The van der Waals surface area contributed by atoms with Crippen LogP contribution in [-0.4, -0.2) is 28.5 Å². The number of hydrogen-bond donors (Lipinski definition) is 2. The highest BCUT2D eigenvalue weighted by atomic mass is 32.2. The second kappa shape index (κ2) is 4.78. The molecule has 0 saturated carbocycles. The van der Waals surface area contributed by atoms with Crippen LogP contribution in [0.3, 0.4) is 0 Å². The minimum atomic E-state index is -3.67. The first kappa shape index (κ1) is 14.3. The fraction of sp³-hybridized carbons (Fsp3) is 0.333. The molecular formula is C12H16N4O3S. The van der Waals surface area contributed by atoms with Crippen molar-refractivity contribution in [2.75, 3.05) is 5.73 Å². The highest BCUT2D eigenvalue weighted by molar-refractivity contribution is 7.90. The Morgan fingerprint density at radius 3 is 2.65 bits per heavy atom. The third-order valence-electron chi connectivity index (χ3n) is 3.27. The van der Waals surface area contributed by atoms with Crippen molar-refractivity contribution in [1.29, 1.82) is 0 Å². The average molecular weight is 296 g/mol. The highest BCUT2D eigenvalue weighted by Crippen LogP contribution is 2.25. The van der Waals surface area contributed by atoms with Crippen molar-refractivity contribution in [2.45, 2.75) is 25.5 Å². The minimum absolute atomic E-state index is 0.146. The van der Waals surface area contributed by atoms with Gasteiger partial charge in [-0.3, -0.25) is 4.79 Å². The molecule has 0 radical (unpaired) electrons. The maximum absolute atomic E-state index is 12.5. The summed E-state index contributed by atoms with van der Waals surface area (Å²) in [4.78, 5) is 15.3. The predicted octanol–water partition coefficient (Wildman–Crippen LogP) is 0.694. The molecule has 0 saturated heterocycles. The minimum Gasteiger partial charge on any atom is -0.368 e. The molecule has 0 aliphatic rings. The lowest BCUT2D eigenvalue weighted by Crippen LogP contribution is -2.25. The van der Waals surface area contributed by atoms with Gasteiger partial charge in [-0.05, 0) is 25.5 Å². The molecule has 8 heteroatoms. The number of nitrogen functional groups attached to an aromatic ring is 1. The van der Waals surface area contributed by atoms with Gasteiger partial charge in [0.1, 0.15) is 5.52 Å². The van der Waals surface area contributed by atoms with Crippen molar-refractivity contribution in [3.8, 4) is 0 Å². The Hall–Kier alpha value is -2.09. The van der Waals surface area contributed by atoms with Crippen LogP contribution in [0, 0.1) is 0 Å². The number of aromatic nitrogens is 2. The van der Waals surface area contributed by atoms with Gasteiger partial charge < -0.3 is 11.5 Å². The fourth-order valence-electron chi connectivity index (χ4n) is 1.95. The molecule has 7 nitrogen and oxygen atoms in total. The van der Waals surface area contributed by atoms with Crippen LogP contribution in [-0.2, 0) is 10.0 Å². The van der Waals surface area contributed by atoms with Gasteiger partial charge in [-0.25, -0.2) is 17.4 Å². The maximum Gasteiger partial charge on any atom is 0.250 e. The Kier molecular flexibility index (Phi) is 3.43. The number of rotatable bonds is 4. The summed E-state index contributed by atoms with van der Waals surface area (Å²) in [6.07, 6.45) is 0.441. The first-order chi connectivity index (χ1) is 9.30. The van der Waals surface area contributed by atoms with Gasteiger partial charge in [-0.1, -0.05) is 13.0 Å². The van der Waals surface area contributed by atoms with Gasteiger partial charge >= 0.3 is 0 Å². The first-order valence-electron chi connectivity index (χ1n) is 6.11. The molecule has 0 fully saturated rings. The molecule has 2 rings (SSSR count). The smallest absolute Gasteiger partial charge is 0.250 e. The molecule has 1 heterocycles. The van der Waals surface area contributed by atoms with Gasteiger partial charge in [-0.2, -0.15) is 0 Å². The van der Waals surface area contributed by atoms with Gasteiger partial charge in [0, 0.05) is 0 Å². The largest absolute Gasteiger partial charge is 0.368 e. The number of carbonyl (C=O) groups excluding carboxylic acids is 1. The van der Waals surface area contributed by atoms with E-state index in [9.17, 15) is 13.2 Å². The Labute approximate surface area is 116 Å². The summed E-state index contributed by atoms with van der Waals surface area (Å²) in [6, 6.07) is 4.58. The van der Waals surface area contributed by atoms with Crippen LogP contribution in [0.1, 0.15) is 30.6 Å². The van der Waals surface area contributed by atoms with E-state index in [1.54, 1.807) is 26.0 Å². The zero-order valence-corrected chi connectivity index (χ0v) is 12.0. The number of amides is 1. The zero-order valence-electron chi connectivity index (χ0n) is 11.2. The molecule has 0 spiro atoms. The third-order valence-corrected chi connectivity index (χ3v) is 5.51. The van der Waals surface area contributed by atoms with Crippen LogP contribution in [0.15, 0.2) is 18.2 Å². The quantitative estimate of drug-likeness (QED) is 0.859. The van der Waals surface area contributed by atoms with E-state index in [-0.39, 0.29) is 22.5 Å². The van der Waals surface area contributed by atoms with Crippen LogP contribution < -0.4 is 11.5 Å². The number of anilines is 1. The van der Waals surface area contributed by atoms with E-state index in [0.29, 0.717) is 6.42 Å². The van der Waals surface area contributed by atoms with Gasteiger partial charge in [0.05, 0.1) is 16.3 Å². The molecule has 0 bridgehead atoms. The van der Waals surface area contributed by atoms with Gasteiger partial charge in [0.15, 0.2) is 0 Å². The van der Waals surface area contributed by atoms with Crippen LogP contribution in [0.2, 0.25) is 0 Å². The number of nitrogens with zero attached hydrogens (tertiary/aromatic N) is 2. The lowest BCUT2D eigenvalue weighted by molar-refractivity contribution is 0.100. The summed E-state index contributed by atoms with van der Waals surface area (Å²) in [7, 11) is -3.67. The Morgan fingerprint density at radius 2 is 2.10 bits per heavy atom. The van der Waals surface area contributed by atoms with E-state index in [1.165, 1.54) is 6.07 Å². The van der Waals surface area contributed by atoms with E-state index in [0.717, 1.165) is 3.97 Å². The number of primary amides is 1. The van der Waals surface area contributed by atoms with Gasteiger partial charge in [-0.15, -0.1) is 0 Å². The summed E-state index contributed by atoms with van der Waals surface area (Å²) in [6.45, 7) is 3.37. The second-order valence-corrected chi connectivity index (χ2v) is 6.74. The van der Waals surface area contributed by atoms with Crippen molar-refractivity contribution in [1.82, 2.24) is 8.96 Å². The Bertz CT molecular complexity index is 779. The van der Waals surface area contributed by atoms with E-state index in [2.05, 4.69) is 4.98 Å². The summed E-state index contributed by atoms with van der Waals surface area (Å²) in [5, 5.41) is -0.612. The Morgan fingerprint density at radius 1 is 1.45 bits per heavy atom. The van der Waals surface area contributed by atoms with Crippen molar-refractivity contribution in [2.24, 2.45) is 5.73 Å². The standard InChI is InChI=1S/C12H16N4O3S/c1-3-7(2)20(18,19)16-9-6-4-5-8(11(13)17)10(9)15-12(16)14/h4-7H,3H2,1-2H3,(H2,13,17)(H2,14,15). The number of carbonyl (C=O) groups is 1. The zero-order chi connectivity index (χ0) is 15.1. The predicted molar refractivity (Wildman–Crippen MR) is 76.7 cm³/mol. The fourth-order valence-corrected chi connectivity index (χ4v) is 3.46. The molecule has 2 aromatic rings. The third kappa shape index (κ3) is 2.01. The molecular weight excluding hydrogens is 280 g/mol. The van der Waals surface area contributed by atoms with E-state index < -0.39 is 21.2 Å². The van der Waals surface area contributed by atoms with Crippen molar-refractivity contribution in [3.63, 3.8) is 0 Å². The molecule has 108 valence electrons. The van der Waals surface area contributed by atoms with E-state index in [1.807, 2.05) is 0 Å². The number of para-hydroxylation sites is 1. The van der Waals surface area contributed by atoms with E-state index >= 15 is 0 Å². The normalized spacial score (nSPS) is 13.5. The monoisotopic (exact) mass is 296 g/mol. The maximum atomic E-state index is 12.5. The molecule has 0 aliphatic carbocycles. The van der Waals surface area contributed by atoms with Crippen LogP contribution in [0.4, 0.5) is 5.95 Å². The number of nitrogens with two attached hydrogens (primary N) is 2. The number of fused-ring (bicyclic) bond motifs is 1. The number of imidazole rings is 1. The molecule has 1 unspecified atom stereocenters. The topological polar surface area (TPSA) is 121 Å². The number of hydrogen-bond acceptors (Lipinski definition) is 5. The van der Waals surface area contributed by atoms with Crippen molar-refractivity contribution >= 4 is 32.9 Å². The SMILES string of the molecule is CCC(C)S(=O)(=O)n1c(N)nc2c(C(N)=O)cccc21. The van der Waals surface area contributed by atoms with E-state index in [4.69, 9.17) is 11.5 Å². The second-order valence-electron chi connectivity index (χ2n) is 4.54. The summed E-state index contributed by atoms with van der Waals surface area (Å²) in [5.74, 6) is -0.852. The van der Waals surface area contributed by atoms with Crippen molar-refractivity contribution < 1.29 is 13.2 Å². The number of benzene rings is 1. The highest BCUT2D eigenvalue weighted by Gasteiger charge is 2.27.